The van der Waals surface area contributed by atoms with Gasteiger partial charge in [0.15, 0.2) is 5.11 Å². The number of aliphatic carboxylic acids is 2. The van der Waals surface area contributed by atoms with E-state index in [0.717, 1.165) is 30.5 Å². The lowest BCUT2D eigenvalue weighted by Crippen LogP contribution is -2.49. The largest absolute Gasteiger partial charge is 0.480 e. The van der Waals surface area contributed by atoms with Crippen LogP contribution in [-0.2, 0) is 49.4 Å². The number of carbonyl (C=O) groups excluding carboxylic acids is 4. The first-order chi connectivity index (χ1) is 22.6. The van der Waals surface area contributed by atoms with E-state index < -0.39 is 31.1 Å². The van der Waals surface area contributed by atoms with Crippen molar-refractivity contribution < 1.29 is 53.2 Å². The molecule has 16 nitrogen and oxygen atoms in total. The van der Waals surface area contributed by atoms with Gasteiger partial charge in [-0.05, 0) is 49.2 Å². The van der Waals surface area contributed by atoms with Crippen molar-refractivity contribution in [1.82, 2.24) is 20.0 Å². The number of Topliss-reactive ketones (excluding diaryl/α,β-unsaturated/α-hetero) is 1. The third-order valence-electron chi connectivity index (χ3n) is 6.87. The average molecular weight is 700 g/mol. The third-order valence-corrected chi connectivity index (χ3v) is 7.12. The number of thiocarbonyl (C=S) groups is 1. The van der Waals surface area contributed by atoms with Crippen molar-refractivity contribution in [2.24, 2.45) is 0 Å². The highest BCUT2D eigenvalue weighted by Gasteiger charge is 2.24. The zero-order chi connectivity index (χ0) is 34.9. The molecule has 17 heteroatoms. The molecular formula is C31H49N5O11S. The Labute approximate surface area is 286 Å². The maximum Gasteiger partial charge on any atom is 0.317 e. The van der Waals surface area contributed by atoms with Gasteiger partial charge in [0.2, 0.25) is 0 Å². The van der Waals surface area contributed by atoms with Crippen LogP contribution in [0.5, 0.6) is 0 Å². The second-order valence-electron chi connectivity index (χ2n) is 10.5. The number of nitrogens with zero attached hydrogens (tertiary/aromatic N) is 3. The SMILES string of the molecule is C.CCC(=O)CCCCCNC(=S)Nc1ccc(C[C@H](CN(CCN(CC(=O)O)CC(=O)O)COC=O)N(COC=O)COC=O)cc1. The maximum absolute atomic E-state index is 11.4. The van der Waals surface area contributed by atoms with Crippen molar-refractivity contribution in [2.45, 2.75) is 58.9 Å². The Balaban J connectivity index is 0.0000221. The number of carbonyl (C=O) groups is 6. The molecule has 0 amide bonds. The Morgan fingerprint density at radius 2 is 1.42 bits per heavy atom. The molecule has 0 aromatic heterocycles. The molecule has 270 valence electrons. The molecule has 0 saturated carbocycles. The number of hydrogen-bond donors (Lipinski definition) is 4. The number of unbranched alkanes of at least 4 members (excludes halogenated alkanes) is 2. The summed E-state index contributed by atoms with van der Waals surface area (Å²) in [5, 5.41) is 25.1. The summed E-state index contributed by atoms with van der Waals surface area (Å²) in [5.74, 6) is -2.13. The second kappa shape index (κ2) is 26.8. The number of rotatable bonds is 29. The summed E-state index contributed by atoms with van der Waals surface area (Å²) in [4.78, 5) is 71.3. The van der Waals surface area contributed by atoms with Crippen LogP contribution in [0.3, 0.4) is 0 Å². The predicted octanol–water partition coefficient (Wildman–Crippen LogP) is 1.53. The van der Waals surface area contributed by atoms with Gasteiger partial charge < -0.3 is 35.1 Å². The second-order valence-corrected chi connectivity index (χ2v) is 10.9. The average Bonchev–Trinajstić information content (AvgIpc) is 3.03. The Hall–Kier alpha value is -4.19. The van der Waals surface area contributed by atoms with Crippen LogP contribution in [0.1, 0.15) is 52.0 Å². The molecule has 4 N–H and O–H groups in total. The molecule has 0 spiro atoms. The van der Waals surface area contributed by atoms with E-state index in [1.807, 2.05) is 31.2 Å². The molecule has 0 aliphatic heterocycles. The van der Waals surface area contributed by atoms with Gasteiger partial charge in [-0.3, -0.25) is 38.6 Å². The van der Waals surface area contributed by atoms with E-state index in [2.05, 4.69) is 10.6 Å². The first kappa shape index (κ1) is 43.8. The molecule has 1 atom stereocenters. The molecule has 48 heavy (non-hydrogen) atoms. The molecule has 0 heterocycles. The van der Waals surface area contributed by atoms with E-state index >= 15 is 0 Å². The van der Waals surface area contributed by atoms with Gasteiger partial charge in [-0.2, -0.15) is 0 Å². The molecule has 1 rings (SSSR count). The van der Waals surface area contributed by atoms with Crippen molar-refractivity contribution in [3.05, 3.63) is 29.8 Å². The maximum atomic E-state index is 11.4. The molecule has 0 radical (unpaired) electrons. The zero-order valence-corrected chi connectivity index (χ0v) is 27.4. The van der Waals surface area contributed by atoms with E-state index in [1.54, 1.807) is 9.80 Å². The monoisotopic (exact) mass is 699 g/mol. The molecule has 0 bridgehead atoms. The fourth-order valence-electron chi connectivity index (χ4n) is 4.51. The highest BCUT2D eigenvalue weighted by molar-refractivity contribution is 7.80. The minimum atomic E-state index is -1.20. The summed E-state index contributed by atoms with van der Waals surface area (Å²) in [7, 11) is 0. The van der Waals surface area contributed by atoms with Crippen molar-refractivity contribution in [3.63, 3.8) is 0 Å². The van der Waals surface area contributed by atoms with Crippen molar-refractivity contribution in [3.8, 4) is 0 Å². The van der Waals surface area contributed by atoms with Crippen LogP contribution in [0.2, 0.25) is 0 Å². The van der Waals surface area contributed by atoms with Gasteiger partial charge >= 0.3 is 11.9 Å². The lowest BCUT2D eigenvalue weighted by molar-refractivity contribution is -0.147. The lowest BCUT2D eigenvalue weighted by Gasteiger charge is -2.34. The minimum absolute atomic E-state index is 0. The van der Waals surface area contributed by atoms with E-state index in [4.69, 9.17) is 26.4 Å². The van der Waals surface area contributed by atoms with E-state index in [9.17, 15) is 39.0 Å². The third kappa shape index (κ3) is 20.8. The number of nitrogens with one attached hydrogen (secondary N) is 2. The number of hydrogen-bond acceptors (Lipinski definition) is 13. The fourth-order valence-corrected chi connectivity index (χ4v) is 4.73. The number of carboxylic acids is 2. The van der Waals surface area contributed by atoms with Crippen LogP contribution in [0, 0.1) is 0 Å². The van der Waals surface area contributed by atoms with Crippen LogP contribution in [0.15, 0.2) is 24.3 Å². The van der Waals surface area contributed by atoms with E-state index in [1.165, 1.54) is 4.90 Å². The van der Waals surface area contributed by atoms with Crippen LogP contribution in [0.25, 0.3) is 0 Å². The number of benzene rings is 1. The quantitative estimate of drug-likeness (QED) is 0.0308. The van der Waals surface area contributed by atoms with Crippen LogP contribution < -0.4 is 10.6 Å². The Kier molecular flexibility index (Phi) is 24.5. The van der Waals surface area contributed by atoms with Gasteiger partial charge in [0, 0.05) is 50.7 Å². The molecule has 0 aliphatic rings. The standard InChI is InChI=1S/C30H45N5O11S.CH4/c1-2-27(39)6-4-3-5-11-31-30(47)32-25-9-7-24(8-10-25)14-26(35(19-45-22-37)20-46-23-38)15-34(18-44-21-36)13-12-33(16-28(40)41)17-29(42)43;/h7-10,21-23,26H,2-6,11-20H2,1H3,(H,40,41)(H,42,43)(H2,31,32,47);1H4/t26-;/m1./s1. The van der Waals surface area contributed by atoms with Gasteiger partial charge in [0.1, 0.15) is 26.0 Å². The van der Waals surface area contributed by atoms with Crippen LogP contribution in [0.4, 0.5) is 5.69 Å². The number of anilines is 1. The van der Waals surface area contributed by atoms with Gasteiger partial charge in [0.05, 0.1) is 13.1 Å². The summed E-state index contributed by atoms with van der Waals surface area (Å²) >= 11 is 5.39. The van der Waals surface area contributed by atoms with Gasteiger partial charge in [-0.15, -0.1) is 0 Å². The molecule has 1 aromatic rings. The summed E-state index contributed by atoms with van der Waals surface area (Å²) in [6.45, 7) is 1.89. The first-order valence-corrected chi connectivity index (χ1v) is 15.5. The number of carboxylic acid groups (broad SMARTS) is 2. The Morgan fingerprint density at radius 1 is 0.854 bits per heavy atom. The van der Waals surface area contributed by atoms with Gasteiger partial charge in [-0.25, -0.2) is 4.90 Å². The molecule has 0 fully saturated rings. The summed E-state index contributed by atoms with van der Waals surface area (Å²) in [6.07, 6.45) is 4.16. The molecular weight excluding hydrogens is 650 g/mol. The van der Waals surface area contributed by atoms with Crippen LogP contribution >= 0.6 is 12.2 Å². The van der Waals surface area contributed by atoms with E-state index in [0.29, 0.717) is 30.9 Å². The van der Waals surface area contributed by atoms with Crippen molar-refractivity contribution >= 4 is 60.2 Å². The Bertz CT molecular complexity index is 1100. The van der Waals surface area contributed by atoms with E-state index in [-0.39, 0.29) is 72.5 Å². The highest BCUT2D eigenvalue weighted by atomic mass is 32.1. The number of ketones is 1. The smallest absolute Gasteiger partial charge is 0.317 e. The van der Waals surface area contributed by atoms with Gasteiger partial charge in [-0.1, -0.05) is 32.9 Å². The van der Waals surface area contributed by atoms with Crippen LogP contribution in [-0.4, -0.2) is 133 Å². The normalized spacial score (nSPS) is 11.2. The lowest BCUT2D eigenvalue weighted by atomic mass is 10.0. The predicted molar refractivity (Wildman–Crippen MR) is 180 cm³/mol. The highest BCUT2D eigenvalue weighted by Crippen LogP contribution is 2.16. The zero-order valence-electron chi connectivity index (χ0n) is 26.5. The molecule has 0 unspecified atom stereocenters. The number of ether oxygens (including phenoxy) is 3. The minimum Gasteiger partial charge on any atom is -0.480 e. The Morgan fingerprint density at radius 3 is 1.96 bits per heavy atom. The molecule has 0 aliphatic carbocycles. The fraction of sp³-hybridized carbons (Fsp3) is 0.581. The van der Waals surface area contributed by atoms with Gasteiger partial charge in [0.25, 0.3) is 19.4 Å². The summed E-state index contributed by atoms with van der Waals surface area (Å²) in [6, 6.07) is 6.87. The molecule has 1 aromatic carbocycles. The van der Waals surface area contributed by atoms with Crippen molar-refractivity contribution in [1.29, 1.82) is 0 Å². The summed E-state index contributed by atoms with van der Waals surface area (Å²) < 4.78 is 14.9. The topological polar surface area (TPSA) is 204 Å². The summed E-state index contributed by atoms with van der Waals surface area (Å²) in [5.41, 5.74) is 1.58. The first-order valence-electron chi connectivity index (χ1n) is 15.0. The molecule has 0 saturated heterocycles. The van der Waals surface area contributed by atoms with Crippen molar-refractivity contribution in [2.75, 3.05) is 64.8 Å².